The molecule has 0 heterocycles. The van der Waals surface area contributed by atoms with Crippen molar-refractivity contribution in [3.63, 3.8) is 0 Å². The predicted molar refractivity (Wildman–Crippen MR) is 44.7 cm³/mol. The molecule has 0 aromatic heterocycles. The van der Waals surface area contributed by atoms with Crippen molar-refractivity contribution < 1.29 is 17.6 Å². The van der Waals surface area contributed by atoms with E-state index in [2.05, 4.69) is 4.83 Å². The van der Waals surface area contributed by atoms with Gasteiger partial charge in [0.2, 0.25) is 10.3 Å². The lowest BCUT2D eigenvalue weighted by atomic mass is 10.5. The van der Waals surface area contributed by atoms with E-state index >= 15 is 0 Å². The molecule has 0 rings (SSSR count). The van der Waals surface area contributed by atoms with Crippen LogP contribution in [0, 0.1) is 0 Å². The molecule has 0 aromatic carbocycles. The zero-order chi connectivity index (χ0) is 9.83. The number of hydrogen-bond donors (Lipinski definition) is 1. The molecule has 74 valence electrons. The van der Waals surface area contributed by atoms with E-state index < -0.39 is 10.3 Å². The number of rotatable bonds is 5. The highest BCUT2D eigenvalue weighted by atomic mass is 32.2. The first-order chi connectivity index (χ1) is 5.39. The summed E-state index contributed by atoms with van der Waals surface area (Å²) in [6.45, 7) is 7.25. The van der Waals surface area contributed by atoms with Crippen LogP contribution in [0.15, 0.2) is 0 Å². The van der Waals surface area contributed by atoms with Gasteiger partial charge >= 0.3 is 0 Å². The van der Waals surface area contributed by atoms with E-state index in [0.29, 0.717) is 19.6 Å². The van der Waals surface area contributed by atoms with Crippen molar-refractivity contribution >= 4 is 10.3 Å². The molecular weight excluding hydrogens is 180 g/mol. The summed E-state index contributed by atoms with van der Waals surface area (Å²) in [5, 5.41) is 0. The smallest absolute Gasteiger partial charge is 0.203 e. The fraction of sp³-hybridized carbons (Fsp3) is 1.00. The van der Waals surface area contributed by atoms with E-state index in [1.54, 1.807) is 0 Å². The molecule has 1 N–H and O–H groups in total. The van der Waals surface area contributed by atoms with Gasteiger partial charge in [0.25, 0.3) is 0 Å². The van der Waals surface area contributed by atoms with E-state index in [-0.39, 0.29) is 4.59 Å². The molecule has 0 bridgehead atoms. The Balaban J connectivity index is 4.52. The highest BCUT2D eigenvalue weighted by molar-refractivity contribution is 7.83. The quantitative estimate of drug-likeness (QED) is 0.377. The predicted octanol–water partition coefficient (Wildman–Crippen LogP) is -0.172. The van der Waals surface area contributed by atoms with Gasteiger partial charge in [-0.2, -0.15) is 0 Å². The van der Waals surface area contributed by atoms with Gasteiger partial charge < -0.3 is 4.55 Å². The maximum atomic E-state index is 10.4. The molecule has 0 fully saturated rings. The van der Waals surface area contributed by atoms with Gasteiger partial charge in [-0.1, -0.05) is 4.83 Å². The summed E-state index contributed by atoms with van der Waals surface area (Å²) in [5.74, 6) is 0. The monoisotopic (exact) mass is 196 g/mol. The second kappa shape index (κ2) is 4.18. The van der Waals surface area contributed by atoms with Crippen LogP contribution < -0.4 is 4.83 Å². The SMILES string of the molecule is CC[N+](CC)(CC)NS(=O)(=O)[O-]. The number of nitrogens with zero attached hydrogens (tertiary/aromatic N) is 1. The first-order valence-corrected chi connectivity index (χ1v) is 5.41. The lowest BCUT2D eigenvalue weighted by Gasteiger charge is -2.35. The van der Waals surface area contributed by atoms with E-state index in [4.69, 9.17) is 0 Å². The summed E-state index contributed by atoms with van der Waals surface area (Å²) in [6, 6.07) is 0. The van der Waals surface area contributed by atoms with Crippen molar-refractivity contribution in [3.05, 3.63) is 0 Å². The molecule has 0 atom stereocenters. The van der Waals surface area contributed by atoms with Gasteiger partial charge in [-0.3, -0.25) is 0 Å². The Kier molecular flexibility index (Phi) is 4.12. The van der Waals surface area contributed by atoms with E-state index in [9.17, 15) is 13.0 Å². The van der Waals surface area contributed by atoms with Crippen molar-refractivity contribution in [1.29, 1.82) is 0 Å². The molecule has 0 saturated carbocycles. The Morgan fingerprint density at radius 2 is 1.50 bits per heavy atom. The molecule has 0 aliphatic carbocycles. The molecule has 12 heavy (non-hydrogen) atoms. The summed E-state index contributed by atoms with van der Waals surface area (Å²) in [5.41, 5.74) is 0. The maximum Gasteiger partial charge on any atom is 0.203 e. The van der Waals surface area contributed by atoms with Crippen molar-refractivity contribution in [2.75, 3.05) is 19.6 Å². The highest BCUT2D eigenvalue weighted by Gasteiger charge is 2.23. The zero-order valence-corrected chi connectivity index (χ0v) is 8.52. The van der Waals surface area contributed by atoms with Gasteiger partial charge in [0.1, 0.15) is 0 Å². The Morgan fingerprint density at radius 3 is 1.58 bits per heavy atom. The molecule has 0 amide bonds. The fourth-order valence-corrected chi connectivity index (χ4v) is 1.96. The average molecular weight is 196 g/mol. The fourth-order valence-electron chi connectivity index (χ4n) is 1.10. The van der Waals surface area contributed by atoms with Crippen LogP contribution in [0.5, 0.6) is 0 Å². The molecule has 6 heteroatoms. The van der Waals surface area contributed by atoms with Crippen LogP contribution in [0.3, 0.4) is 0 Å². The van der Waals surface area contributed by atoms with Crippen molar-refractivity contribution in [2.45, 2.75) is 20.8 Å². The summed E-state index contributed by atoms with van der Waals surface area (Å²) in [7, 11) is -4.35. The van der Waals surface area contributed by atoms with Crippen LogP contribution in [-0.4, -0.2) is 37.2 Å². The molecular formula is C6H16N2O3S. The van der Waals surface area contributed by atoms with Crippen LogP contribution in [0.2, 0.25) is 0 Å². The molecule has 0 saturated heterocycles. The Hall–Kier alpha value is -0.170. The Morgan fingerprint density at radius 1 is 1.17 bits per heavy atom. The van der Waals surface area contributed by atoms with Crippen LogP contribution in [0.25, 0.3) is 0 Å². The summed E-state index contributed by atoms with van der Waals surface area (Å²) in [4.78, 5) is 2.07. The molecule has 0 unspecified atom stereocenters. The number of quaternary nitrogens is 1. The largest absolute Gasteiger partial charge is 0.732 e. The van der Waals surface area contributed by atoms with Gasteiger partial charge in [0.05, 0.1) is 19.6 Å². The standard InChI is InChI=1S/C6H16N2O3S/c1-4-8(5-2,6-3)7-12(9,10)11/h7H,4-6H2,1-3H3. The van der Waals surface area contributed by atoms with Gasteiger partial charge in [-0.15, -0.1) is 0 Å². The third kappa shape index (κ3) is 3.48. The highest BCUT2D eigenvalue weighted by Crippen LogP contribution is 2.01. The van der Waals surface area contributed by atoms with Crippen molar-refractivity contribution in [1.82, 2.24) is 4.83 Å². The van der Waals surface area contributed by atoms with Crippen LogP contribution in [0.1, 0.15) is 20.8 Å². The minimum atomic E-state index is -4.35. The minimum absolute atomic E-state index is 0.117. The molecule has 0 radical (unpaired) electrons. The van der Waals surface area contributed by atoms with Crippen LogP contribution in [0.4, 0.5) is 0 Å². The van der Waals surface area contributed by atoms with E-state index in [0.717, 1.165) is 0 Å². The van der Waals surface area contributed by atoms with E-state index in [1.165, 1.54) is 0 Å². The number of hydrogen-bond acceptors (Lipinski definition) is 3. The van der Waals surface area contributed by atoms with Crippen molar-refractivity contribution in [3.8, 4) is 0 Å². The lowest BCUT2D eigenvalue weighted by molar-refractivity contribution is -0.952. The summed E-state index contributed by atoms with van der Waals surface area (Å²) >= 11 is 0. The third-order valence-corrected chi connectivity index (χ3v) is 2.73. The normalized spacial score (nSPS) is 13.3. The van der Waals surface area contributed by atoms with Crippen molar-refractivity contribution in [2.24, 2.45) is 0 Å². The van der Waals surface area contributed by atoms with Gasteiger partial charge in [-0.05, 0) is 20.8 Å². The van der Waals surface area contributed by atoms with Gasteiger partial charge in [0.15, 0.2) is 0 Å². The Bertz CT molecular complexity index is 213. The van der Waals surface area contributed by atoms with Gasteiger partial charge in [-0.25, -0.2) is 13.0 Å². The third-order valence-electron chi connectivity index (χ3n) is 2.12. The molecule has 0 aliphatic heterocycles. The first kappa shape index (κ1) is 11.8. The lowest BCUT2D eigenvalue weighted by Crippen LogP contribution is -2.59. The minimum Gasteiger partial charge on any atom is -0.732 e. The van der Waals surface area contributed by atoms with E-state index in [1.807, 2.05) is 20.8 Å². The average Bonchev–Trinajstić information content (AvgIpc) is 1.99. The summed E-state index contributed by atoms with van der Waals surface area (Å²) in [6.07, 6.45) is 0. The topological polar surface area (TPSA) is 69.2 Å². The second-order valence-electron chi connectivity index (χ2n) is 2.64. The zero-order valence-electron chi connectivity index (χ0n) is 7.70. The van der Waals surface area contributed by atoms with Crippen LogP contribution >= 0.6 is 0 Å². The van der Waals surface area contributed by atoms with Gasteiger partial charge in [0, 0.05) is 0 Å². The molecule has 0 aliphatic rings. The maximum absolute atomic E-state index is 10.4. The Labute approximate surface area is 73.8 Å². The molecule has 5 nitrogen and oxygen atoms in total. The van der Waals surface area contributed by atoms with Crippen LogP contribution in [-0.2, 0) is 10.3 Å². The summed E-state index contributed by atoms with van der Waals surface area (Å²) < 4.78 is 31.4. The second-order valence-corrected chi connectivity index (χ2v) is 3.73. The first-order valence-electron chi connectivity index (χ1n) is 4.00. The molecule has 0 spiro atoms. The number of nitrogens with one attached hydrogen (secondary N) is 1. The molecule has 0 aromatic rings.